The fourth-order valence-electron chi connectivity index (χ4n) is 2.42. The number of hydrogen-bond acceptors (Lipinski definition) is 4. The molecule has 0 atom stereocenters. The fourth-order valence-corrected chi connectivity index (χ4v) is 2.42. The van der Waals surface area contributed by atoms with E-state index in [1.165, 1.54) is 19.3 Å². The summed E-state index contributed by atoms with van der Waals surface area (Å²) in [5, 5.41) is 6.53. The van der Waals surface area contributed by atoms with Gasteiger partial charge >= 0.3 is 0 Å². The summed E-state index contributed by atoms with van der Waals surface area (Å²) in [6.07, 6.45) is 9.63. The van der Waals surface area contributed by atoms with Crippen molar-refractivity contribution < 1.29 is 0 Å². The van der Waals surface area contributed by atoms with Gasteiger partial charge in [-0.1, -0.05) is 13.3 Å². The van der Waals surface area contributed by atoms with E-state index >= 15 is 0 Å². The molecule has 2 heterocycles. The second-order valence-corrected chi connectivity index (χ2v) is 5.40. The predicted octanol–water partition coefficient (Wildman–Crippen LogP) is 2.37. The largest absolute Gasteiger partial charge is 0.372 e. The van der Waals surface area contributed by atoms with Crippen molar-refractivity contribution in [1.29, 1.82) is 0 Å². The number of fused-ring (bicyclic) bond motifs is 1. The lowest BCUT2D eigenvalue weighted by atomic mass is 9.70. The van der Waals surface area contributed by atoms with Crippen LogP contribution in [0.3, 0.4) is 0 Å². The van der Waals surface area contributed by atoms with E-state index in [4.69, 9.17) is 0 Å². The molecule has 2 aromatic heterocycles. The third kappa shape index (κ3) is 1.89. The average molecular weight is 245 g/mol. The highest BCUT2D eigenvalue weighted by Gasteiger charge is 2.31. The minimum atomic E-state index is 0.431. The maximum atomic E-state index is 4.55. The Labute approximate surface area is 107 Å². The number of aromatic nitrogens is 3. The van der Waals surface area contributed by atoms with E-state index in [2.05, 4.69) is 27.5 Å². The van der Waals surface area contributed by atoms with Gasteiger partial charge in [0.25, 0.3) is 0 Å². The van der Waals surface area contributed by atoms with Crippen molar-refractivity contribution in [3.05, 3.63) is 18.6 Å². The van der Waals surface area contributed by atoms with Crippen molar-refractivity contribution in [3.63, 3.8) is 0 Å². The number of nitrogens with one attached hydrogen (secondary N) is 2. The van der Waals surface area contributed by atoms with Crippen LogP contribution in [0.4, 0.5) is 11.6 Å². The Morgan fingerprint density at radius 2 is 2.28 bits per heavy atom. The number of rotatable bonds is 4. The standard InChI is InChI=1S/C13H19N5/c1-13(4-3-5-13)9-16-11-12-15-6-7-18(12)8-10(14-2)17-11/h6-8,14H,3-5,9H2,1-2H3,(H,16,17). The highest BCUT2D eigenvalue weighted by molar-refractivity contribution is 5.65. The van der Waals surface area contributed by atoms with Crippen molar-refractivity contribution in [3.8, 4) is 0 Å². The van der Waals surface area contributed by atoms with Gasteiger partial charge in [-0.05, 0) is 18.3 Å². The summed E-state index contributed by atoms with van der Waals surface area (Å²) < 4.78 is 1.99. The van der Waals surface area contributed by atoms with Crippen LogP contribution in [-0.2, 0) is 0 Å². The van der Waals surface area contributed by atoms with Crippen molar-refractivity contribution >= 4 is 17.3 Å². The maximum Gasteiger partial charge on any atom is 0.180 e. The van der Waals surface area contributed by atoms with Crippen LogP contribution in [0.2, 0.25) is 0 Å². The van der Waals surface area contributed by atoms with Crippen molar-refractivity contribution in [1.82, 2.24) is 14.4 Å². The first-order chi connectivity index (χ1) is 8.70. The van der Waals surface area contributed by atoms with Crippen molar-refractivity contribution in [2.24, 2.45) is 5.41 Å². The first kappa shape index (κ1) is 11.3. The quantitative estimate of drug-likeness (QED) is 0.868. The molecule has 1 saturated carbocycles. The molecule has 1 fully saturated rings. The van der Waals surface area contributed by atoms with Crippen molar-refractivity contribution in [2.45, 2.75) is 26.2 Å². The van der Waals surface area contributed by atoms with Gasteiger partial charge in [-0.15, -0.1) is 0 Å². The normalized spacial score (nSPS) is 17.4. The van der Waals surface area contributed by atoms with Crippen LogP contribution in [0.15, 0.2) is 18.6 Å². The Kier molecular flexibility index (Phi) is 2.61. The van der Waals surface area contributed by atoms with Gasteiger partial charge < -0.3 is 15.0 Å². The topological polar surface area (TPSA) is 54.2 Å². The molecular formula is C13H19N5. The SMILES string of the molecule is CNc1cn2ccnc2c(NCC2(C)CCC2)n1. The summed E-state index contributed by atoms with van der Waals surface area (Å²) in [7, 11) is 1.88. The van der Waals surface area contributed by atoms with Crippen molar-refractivity contribution in [2.75, 3.05) is 24.2 Å². The molecule has 5 nitrogen and oxygen atoms in total. The summed E-state index contributed by atoms with van der Waals surface area (Å²) in [6.45, 7) is 3.30. The van der Waals surface area contributed by atoms with E-state index in [9.17, 15) is 0 Å². The molecule has 0 spiro atoms. The third-order valence-corrected chi connectivity index (χ3v) is 3.87. The van der Waals surface area contributed by atoms with E-state index in [1.54, 1.807) is 6.20 Å². The van der Waals surface area contributed by atoms with Crippen LogP contribution in [0.25, 0.3) is 5.65 Å². The molecule has 2 aromatic rings. The summed E-state index contributed by atoms with van der Waals surface area (Å²) in [4.78, 5) is 8.90. The fraction of sp³-hybridized carbons (Fsp3) is 0.538. The van der Waals surface area contributed by atoms with Crippen LogP contribution in [0, 0.1) is 5.41 Å². The molecule has 0 aromatic carbocycles. The third-order valence-electron chi connectivity index (χ3n) is 3.87. The van der Waals surface area contributed by atoms with Crippen LogP contribution < -0.4 is 10.6 Å². The summed E-state index contributed by atoms with van der Waals surface area (Å²) in [6, 6.07) is 0. The van der Waals surface area contributed by atoms with Gasteiger partial charge in [-0.25, -0.2) is 9.97 Å². The van der Waals surface area contributed by atoms with Gasteiger partial charge in [0.15, 0.2) is 11.5 Å². The van der Waals surface area contributed by atoms with Crippen LogP contribution in [0.5, 0.6) is 0 Å². The second-order valence-electron chi connectivity index (χ2n) is 5.40. The van der Waals surface area contributed by atoms with E-state index in [0.29, 0.717) is 5.41 Å². The summed E-state index contributed by atoms with van der Waals surface area (Å²) in [5.41, 5.74) is 1.32. The summed E-state index contributed by atoms with van der Waals surface area (Å²) >= 11 is 0. The molecular weight excluding hydrogens is 226 g/mol. The zero-order valence-corrected chi connectivity index (χ0v) is 10.9. The molecule has 0 saturated heterocycles. The van der Waals surface area contributed by atoms with E-state index < -0.39 is 0 Å². The molecule has 0 amide bonds. The molecule has 0 bridgehead atoms. The Bertz CT molecular complexity index is 556. The Morgan fingerprint density at radius 1 is 1.44 bits per heavy atom. The number of anilines is 2. The molecule has 96 valence electrons. The zero-order chi connectivity index (χ0) is 12.6. The number of imidazole rings is 1. The lowest BCUT2D eigenvalue weighted by molar-refractivity contribution is 0.180. The second kappa shape index (κ2) is 4.15. The minimum Gasteiger partial charge on any atom is -0.372 e. The van der Waals surface area contributed by atoms with Gasteiger partial charge in [0.2, 0.25) is 0 Å². The molecule has 0 aliphatic heterocycles. The highest BCUT2D eigenvalue weighted by atomic mass is 15.1. The van der Waals surface area contributed by atoms with Crippen LogP contribution >= 0.6 is 0 Å². The molecule has 0 radical (unpaired) electrons. The van der Waals surface area contributed by atoms with Crippen LogP contribution in [-0.4, -0.2) is 28.0 Å². The number of hydrogen-bond donors (Lipinski definition) is 2. The maximum absolute atomic E-state index is 4.55. The lowest BCUT2D eigenvalue weighted by Gasteiger charge is -2.38. The van der Waals surface area contributed by atoms with E-state index in [-0.39, 0.29) is 0 Å². The highest BCUT2D eigenvalue weighted by Crippen LogP contribution is 2.40. The Hall–Kier alpha value is -1.78. The zero-order valence-electron chi connectivity index (χ0n) is 10.9. The molecule has 0 unspecified atom stereocenters. The van der Waals surface area contributed by atoms with E-state index in [1.807, 2.05) is 23.8 Å². The molecule has 5 heteroatoms. The molecule has 1 aliphatic rings. The Balaban J connectivity index is 1.87. The molecule has 18 heavy (non-hydrogen) atoms. The van der Waals surface area contributed by atoms with Gasteiger partial charge in [0, 0.05) is 26.0 Å². The van der Waals surface area contributed by atoms with Gasteiger partial charge in [-0.2, -0.15) is 0 Å². The monoisotopic (exact) mass is 245 g/mol. The van der Waals surface area contributed by atoms with Crippen LogP contribution in [0.1, 0.15) is 26.2 Å². The first-order valence-electron chi connectivity index (χ1n) is 6.46. The predicted molar refractivity (Wildman–Crippen MR) is 73.0 cm³/mol. The van der Waals surface area contributed by atoms with Gasteiger partial charge in [0.05, 0.1) is 6.20 Å². The number of nitrogens with zero attached hydrogens (tertiary/aromatic N) is 3. The summed E-state index contributed by atoms with van der Waals surface area (Å²) in [5.74, 6) is 1.71. The van der Waals surface area contributed by atoms with E-state index in [0.717, 1.165) is 23.8 Å². The molecule has 2 N–H and O–H groups in total. The minimum absolute atomic E-state index is 0.431. The van der Waals surface area contributed by atoms with Gasteiger partial charge in [-0.3, -0.25) is 0 Å². The lowest BCUT2D eigenvalue weighted by Crippen LogP contribution is -2.33. The first-order valence-corrected chi connectivity index (χ1v) is 6.46. The molecule has 3 rings (SSSR count). The van der Waals surface area contributed by atoms with Gasteiger partial charge in [0.1, 0.15) is 5.82 Å². The Morgan fingerprint density at radius 3 is 2.94 bits per heavy atom. The molecule has 1 aliphatic carbocycles. The average Bonchev–Trinajstić information content (AvgIpc) is 2.81. The smallest absolute Gasteiger partial charge is 0.180 e.